The molecule has 7 nitrogen and oxygen atoms in total. The van der Waals surface area contributed by atoms with Crippen molar-refractivity contribution in [1.82, 2.24) is 10.2 Å². The smallest absolute Gasteiger partial charge is 0.407 e. The molecule has 0 bridgehead atoms. The van der Waals surface area contributed by atoms with Crippen LogP contribution in [0.15, 0.2) is 48.5 Å². The Bertz CT molecular complexity index is 1040. The second-order valence-corrected chi connectivity index (χ2v) is 10.5. The summed E-state index contributed by atoms with van der Waals surface area (Å²) >= 11 is 0. The van der Waals surface area contributed by atoms with Crippen molar-refractivity contribution in [3.8, 4) is 11.1 Å². The largest absolute Gasteiger partial charge is 0.480 e. The number of carboxylic acids is 1. The van der Waals surface area contributed by atoms with Crippen molar-refractivity contribution in [1.29, 1.82) is 0 Å². The Balaban J connectivity index is 1.28. The summed E-state index contributed by atoms with van der Waals surface area (Å²) in [6.07, 6.45) is 0.139. The fourth-order valence-corrected chi connectivity index (χ4v) is 4.82. The molecule has 2 amide bonds. The molecule has 0 radical (unpaired) electrons. The van der Waals surface area contributed by atoms with Gasteiger partial charge in [0.1, 0.15) is 13.2 Å². The van der Waals surface area contributed by atoms with Gasteiger partial charge in [-0.25, -0.2) is 4.79 Å². The third kappa shape index (κ3) is 5.41. The van der Waals surface area contributed by atoms with Crippen molar-refractivity contribution in [3.05, 3.63) is 59.7 Å². The van der Waals surface area contributed by atoms with Gasteiger partial charge < -0.3 is 20.1 Å². The zero-order valence-electron chi connectivity index (χ0n) is 19.9. The Morgan fingerprint density at radius 2 is 1.62 bits per heavy atom. The van der Waals surface area contributed by atoms with E-state index in [2.05, 4.69) is 29.6 Å². The van der Waals surface area contributed by atoms with Gasteiger partial charge in [0.15, 0.2) is 0 Å². The van der Waals surface area contributed by atoms with Crippen LogP contribution in [0.25, 0.3) is 11.1 Å². The molecule has 2 aliphatic rings. The Morgan fingerprint density at radius 1 is 1.03 bits per heavy atom. The molecule has 0 spiro atoms. The van der Waals surface area contributed by atoms with E-state index in [4.69, 9.17) is 4.74 Å². The monoisotopic (exact) mass is 464 g/mol. The van der Waals surface area contributed by atoms with Crippen molar-refractivity contribution < 1.29 is 24.2 Å². The molecule has 2 atom stereocenters. The molecular weight excluding hydrogens is 432 g/mol. The van der Waals surface area contributed by atoms with E-state index in [0.29, 0.717) is 19.5 Å². The van der Waals surface area contributed by atoms with Gasteiger partial charge in [-0.05, 0) is 40.0 Å². The van der Waals surface area contributed by atoms with Gasteiger partial charge in [0.2, 0.25) is 5.91 Å². The number of nitrogens with zero attached hydrogens (tertiary/aromatic N) is 1. The van der Waals surface area contributed by atoms with E-state index in [1.807, 2.05) is 45.0 Å². The minimum absolute atomic E-state index is 0.00393. The number of rotatable bonds is 8. The Morgan fingerprint density at radius 3 is 2.18 bits per heavy atom. The molecule has 0 unspecified atom stereocenters. The van der Waals surface area contributed by atoms with Crippen molar-refractivity contribution in [2.45, 2.75) is 33.1 Å². The summed E-state index contributed by atoms with van der Waals surface area (Å²) in [6.45, 7) is 6.56. The number of ether oxygens (including phenoxy) is 1. The number of carbonyl (C=O) groups excluding carboxylic acids is 2. The van der Waals surface area contributed by atoms with Crippen LogP contribution < -0.4 is 5.32 Å². The number of carbonyl (C=O) groups is 3. The number of aliphatic carboxylic acids is 1. The highest BCUT2D eigenvalue weighted by molar-refractivity contribution is 5.85. The molecule has 34 heavy (non-hydrogen) atoms. The molecular formula is C27H32N2O5. The normalized spacial score (nSPS) is 18.6. The molecule has 2 aromatic carbocycles. The average molecular weight is 465 g/mol. The third-order valence-electron chi connectivity index (χ3n) is 6.40. The van der Waals surface area contributed by atoms with Crippen molar-refractivity contribution >= 4 is 18.0 Å². The molecule has 7 heteroatoms. The molecule has 4 rings (SSSR count). The van der Waals surface area contributed by atoms with Crippen molar-refractivity contribution in [2.75, 3.05) is 26.2 Å². The molecule has 0 aliphatic heterocycles. The average Bonchev–Trinajstić information content (AvgIpc) is 3.49. The first-order valence-corrected chi connectivity index (χ1v) is 11.7. The van der Waals surface area contributed by atoms with Gasteiger partial charge in [-0.3, -0.25) is 9.59 Å². The first-order valence-electron chi connectivity index (χ1n) is 11.7. The maximum absolute atomic E-state index is 12.8. The number of carboxylic acid groups (broad SMARTS) is 1. The number of hydrogen-bond acceptors (Lipinski definition) is 4. The molecule has 2 aliphatic carbocycles. The second kappa shape index (κ2) is 9.49. The van der Waals surface area contributed by atoms with Gasteiger partial charge in [0, 0.05) is 24.9 Å². The summed E-state index contributed by atoms with van der Waals surface area (Å²) in [5, 5.41) is 12.0. The molecule has 2 N–H and O–H groups in total. The number of amides is 2. The summed E-state index contributed by atoms with van der Waals surface area (Å²) in [5.74, 6) is -1.43. The van der Waals surface area contributed by atoms with Crippen LogP contribution in [0.1, 0.15) is 44.2 Å². The van der Waals surface area contributed by atoms with Gasteiger partial charge in [-0.2, -0.15) is 0 Å². The molecule has 1 fully saturated rings. The predicted molar refractivity (Wildman–Crippen MR) is 128 cm³/mol. The van der Waals surface area contributed by atoms with Crippen LogP contribution in [0.3, 0.4) is 0 Å². The van der Waals surface area contributed by atoms with Crippen molar-refractivity contribution in [2.24, 2.45) is 17.3 Å². The van der Waals surface area contributed by atoms with Gasteiger partial charge in [-0.15, -0.1) is 0 Å². The summed E-state index contributed by atoms with van der Waals surface area (Å²) in [6, 6.07) is 16.3. The second-order valence-electron chi connectivity index (χ2n) is 10.5. The number of alkyl carbamates (subject to hydrolysis) is 1. The van der Waals surface area contributed by atoms with Gasteiger partial charge in [0.05, 0.1) is 0 Å². The Labute approximate surface area is 200 Å². The van der Waals surface area contributed by atoms with E-state index in [-0.39, 0.29) is 42.2 Å². The highest BCUT2D eigenvalue weighted by Gasteiger charge is 2.45. The zero-order valence-corrected chi connectivity index (χ0v) is 19.9. The SMILES string of the molecule is CC(C)(C)CN(CC(=O)O)C(=O)[C@@H]1C[C@@H]1CNC(=O)OCC1c2ccccc2-c2ccccc21. The van der Waals surface area contributed by atoms with Crippen LogP contribution in [0.5, 0.6) is 0 Å². The van der Waals surface area contributed by atoms with E-state index in [1.54, 1.807) is 0 Å². The van der Waals surface area contributed by atoms with E-state index in [1.165, 1.54) is 16.0 Å². The quantitative estimate of drug-likeness (QED) is 0.613. The first kappa shape index (κ1) is 23.8. The maximum Gasteiger partial charge on any atom is 0.407 e. The fraction of sp³-hybridized carbons (Fsp3) is 0.444. The molecule has 1 saturated carbocycles. The Kier molecular flexibility index (Phi) is 6.64. The van der Waals surface area contributed by atoms with Crippen LogP contribution >= 0.6 is 0 Å². The van der Waals surface area contributed by atoms with E-state index >= 15 is 0 Å². The lowest BCUT2D eigenvalue weighted by Gasteiger charge is -2.29. The van der Waals surface area contributed by atoms with E-state index < -0.39 is 12.1 Å². The summed E-state index contributed by atoms with van der Waals surface area (Å²) < 4.78 is 5.56. The zero-order chi connectivity index (χ0) is 24.5. The fourth-order valence-electron chi connectivity index (χ4n) is 4.82. The van der Waals surface area contributed by atoms with Crippen LogP contribution in [0.2, 0.25) is 0 Å². The first-order chi connectivity index (χ1) is 16.1. The summed E-state index contributed by atoms with van der Waals surface area (Å²) in [4.78, 5) is 37.8. The lowest BCUT2D eigenvalue weighted by atomic mass is 9.95. The number of hydrogen-bond donors (Lipinski definition) is 2. The Hall–Kier alpha value is -3.35. The number of benzene rings is 2. The molecule has 2 aromatic rings. The van der Waals surface area contributed by atoms with Gasteiger partial charge in [0.25, 0.3) is 0 Å². The molecule has 180 valence electrons. The maximum atomic E-state index is 12.8. The van der Waals surface area contributed by atoms with Gasteiger partial charge in [-0.1, -0.05) is 69.3 Å². The predicted octanol–water partition coefficient (Wildman–Crippen LogP) is 4.12. The highest BCUT2D eigenvalue weighted by atomic mass is 16.5. The van der Waals surface area contributed by atoms with E-state index in [9.17, 15) is 19.5 Å². The topological polar surface area (TPSA) is 95.9 Å². The number of fused-ring (bicyclic) bond motifs is 3. The molecule has 0 heterocycles. The minimum atomic E-state index is -1.02. The van der Waals surface area contributed by atoms with Gasteiger partial charge >= 0.3 is 12.1 Å². The molecule has 0 aromatic heterocycles. The van der Waals surface area contributed by atoms with Crippen LogP contribution in [0, 0.1) is 17.3 Å². The minimum Gasteiger partial charge on any atom is -0.480 e. The molecule has 0 saturated heterocycles. The summed E-state index contributed by atoms with van der Waals surface area (Å²) in [5.41, 5.74) is 4.46. The van der Waals surface area contributed by atoms with Crippen LogP contribution in [0.4, 0.5) is 4.79 Å². The van der Waals surface area contributed by atoms with E-state index in [0.717, 1.165) is 11.1 Å². The lowest BCUT2D eigenvalue weighted by molar-refractivity contribution is -0.146. The number of nitrogens with one attached hydrogen (secondary N) is 1. The summed E-state index contributed by atoms with van der Waals surface area (Å²) in [7, 11) is 0. The van der Waals surface area contributed by atoms with Crippen molar-refractivity contribution in [3.63, 3.8) is 0 Å². The van der Waals surface area contributed by atoms with Crippen LogP contribution in [-0.4, -0.2) is 54.2 Å². The standard InChI is InChI=1S/C27H32N2O5/c1-27(2,3)16-29(14-24(30)31)25(32)22-12-17(22)13-28-26(33)34-15-23-20-10-6-4-8-18(20)19-9-5-7-11-21(19)23/h4-11,17,22-23H,12-16H2,1-3H3,(H,28,33)(H,30,31)/t17-,22-/m1/s1. The van der Waals surface area contributed by atoms with Crippen LogP contribution in [-0.2, 0) is 14.3 Å². The lowest BCUT2D eigenvalue weighted by Crippen LogP contribution is -2.42. The highest BCUT2D eigenvalue weighted by Crippen LogP contribution is 2.44. The third-order valence-corrected chi connectivity index (χ3v) is 6.40.